The molecule has 0 spiro atoms. The van der Waals surface area contributed by atoms with Crippen LogP contribution >= 0.6 is 23.4 Å². The number of hydrogen-bond acceptors (Lipinski definition) is 10. The number of para-hydroxylation sites is 1. The third-order valence-electron chi connectivity index (χ3n) is 6.99. The van der Waals surface area contributed by atoms with E-state index in [4.69, 9.17) is 32.5 Å². The number of piperazine rings is 1. The van der Waals surface area contributed by atoms with Gasteiger partial charge in [0.25, 0.3) is 0 Å². The number of likely N-dealkylation sites (N-methyl/N-ethyl adjacent to an activating group) is 1. The summed E-state index contributed by atoms with van der Waals surface area (Å²) in [5.74, 6) is -3.08. The minimum atomic E-state index is -1.25. The number of nitrogens with zero attached hydrogens (tertiary/aromatic N) is 3. The Bertz CT molecular complexity index is 1420. The Morgan fingerprint density at radius 3 is 2.47 bits per heavy atom. The number of benzene rings is 2. The summed E-state index contributed by atoms with van der Waals surface area (Å²) in [6, 6.07) is 9.05. The molecular weight excluding hydrogens is 598 g/mol. The molecule has 0 unspecified atom stereocenters. The monoisotopic (exact) mass is 631 g/mol. The van der Waals surface area contributed by atoms with Gasteiger partial charge in [0.1, 0.15) is 24.1 Å². The first-order chi connectivity index (χ1) is 20.5. The van der Waals surface area contributed by atoms with Crippen LogP contribution < -0.4 is 21.7 Å². The maximum absolute atomic E-state index is 12.9. The van der Waals surface area contributed by atoms with Crippen LogP contribution in [0.15, 0.2) is 46.3 Å². The van der Waals surface area contributed by atoms with Gasteiger partial charge in [-0.2, -0.15) is 0 Å². The van der Waals surface area contributed by atoms with E-state index in [9.17, 15) is 19.2 Å². The van der Waals surface area contributed by atoms with Crippen LogP contribution in [-0.4, -0.2) is 107 Å². The molecule has 0 saturated carbocycles. The van der Waals surface area contributed by atoms with E-state index in [1.807, 2.05) is 30.3 Å². The molecule has 2 aliphatic rings. The highest BCUT2D eigenvalue weighted by molar-refractivity contribution is 7.99. The van der Waals surface area contributed by atoms with Gasteiger partial charge in [0, 0.05) is 49.6 Å². The highest BCUT2D eigenvalue weighted by Crippen LogP contribution is 2.45. The number of carbonyl (C=O) groups is 4. The number of amides is 2. The molecule has 2 heterocycles. The van der Waals surface area contributed by atoms with Gasteiger partial charge >= 0.3 is 11.9 Å². The predicted molar refractivity (Wildman–Crippen MR) is 165 cm³/mol. The molecule has 2 aromatic carbocycles. The van der Waals surface area contributed by atoms with Crippen LogP contribution in [0.1, 0.15) is 18.4 Å². The maximum Gasteiger partial charge on any atom is 0.322 e. The molecular formula is C28H34ClN7O6S. The van der Waals surface area contributed by atoms with Crippen molar-refractivity contribution >= 4 is 70.0 Å². The van der Waals surface area contributed by atoms with Gasteiger partial charge in [-0.15, -0.1) is 11.8 Å². The van der Waals surface area contributed by atoms with Crippen LogP contribution in [0, 0.1) is 0 Å². The molecule has 1 saturated heterocycles. The number of amidine groups is 1. The van der Waals surface area contributed by atoms with Crippen molar-refractivity contribution in [2.75, 3.05) is 50.8 Å². The molecule has 0 radical (unpaired) electrons. The Labute approximate surface area is 257 Å². The van der Waals surface area contributed by atoms with Crippen molar-refractivity contribution in [3.05, 3.63) is 47.0 Å². The van der Waals surface area contributed by atoms with E-state index in [0.29, 0.717) is 21.3 Å². The molecule has 0 bridgehead atoms. The first-order valence-corrected chi connectivity index (χ1v) is 15.0. The SMILES string of the molecule is CN1CCN(C2=Nc3c(ccc(Cl)c3SC[C@H](NC(=O)[C@@H](N)CCC(=O)O)C(=O)NCC(=O)O)Nc3ccccc32)CC1. The Balaban J connectivity index is 1.64. The smallest absolute Gasteiger partial charge is 0.322 e. The Morgan fingerprint density at radius 1 is 1.05 bits per heavy atom. The molecule has 15 heteroatoms. The molecule has 230 valence electrons. The van der Waals surface area contributed by atoms with Gasteiger partial charge in [0.15, 0.2) is 0 Å². The second-order valence-electron chi connectivity index (χ2n) is 10.2. The third kappa shape index (κ3) is 8.38. The van der Waals surface area contributed by atoms with E-state index in [1.54, 1.807) is 6.07 Å². The zero-order chi connectivity index (χ0) is 31.1. The summed E-state index contributed by atoms with van der Waals surface area (Å²) in [4.78, 5) is 57.8. The van der Waals surface area contributed by atoms with Gasteiger partial charge in [-0.25, -0.2) is 4.99 Å². The second-order valence-corrected chi connectivity index (χ2v) is 11.6. The number of fused-ring (bicyclic) bond motifs is 2. The summed E-state index contributed by atoms with van der Waals surface area (Å²) < 4.78 is 0. The van der Waals surface area contributed by atoms with Crippen LogP contribution in [0.3, 0.4) is 0 Å². The van der Waals surface area contributed by atoms with Crippen LogP contribution in [0.5, 0.6) is 0 Å². The zero-order valence-electron chi connectivity index (χ0n) is 23.5. The van der Waals surface area contributed by atoms with Gasteiger partial charge in [0.2, 0.25) is 11.8 Å². The number of halogens is 1. The molecule has 2 atom stereocenters. The van der Waals surface area contributed by atoms with Crippen molar-refractivity contribution in [1.82, 2.24) is 20.4 Å². The molecule has 2 amide bonds. The largest absolute Gasteiger partial charge is 0.481 e. The summed E-state index contributed by atoms with van der Waals surface area (Å²) in [5.41, 5.74) is 8.93. The molecule has 7 N–H and O–H groups in total. The zero-order valence-corrected chi connectivity index (χ0v) is 25.1. The first kappa shape index (κ1) is 32.1. The summed E-state index contributed by atoms with van der Waals surface area (Å²) in [6.45, 7) is 2.66. The fraction of sp³-hybridized carbons (Fsp3) is 0.393. The topological polar surface area (TPSA) is 190 Å². The molecule has 1 fully saturated rings. The lowest BCUT2D eigenvalue weighted by molar-refractivity contribution is -0.138. The number of hydrogen-bond donors (Lipinski definition) is 6. The number of carboxylic acids is 2. The predicted octanol–water partition coefficient (Wildman–Crippen LogP) is 1.69. The highest BCUT2D eigenvalue weighted by atomic mass is 35.5. The van der Waals surface area contributed by atoms with Gasteiger partial charge < -0.3 is 41.7 Å². The van der Waals surface area contributed by atoms with Gasteiger partial charge in [-0.3, -0.25) is 19.2 Å². The molecule has 2 aromatic rings. The lowest BCUT2D eigenvalue weighted by Gasteiger charge is -2.34. The van der Waals surface area contributed by atoms with E-state index in [2.05, 4.69) is 32.8 Å². The lowest BCUT2D eigenvalue weighted by Crippen LogP contribution is -2.53. The minimum Gasteiger partial charge on any atom is -0.481 e. The third-order valence-corrected chi connectivity index (χ3v) is 8.62. The fourth-order valence-corrected chi connectivity index (χ4v) is 5.96. The maximum atomic E-state index is 12.9. The van der Waals surface area contributed by atoms with Crippen molar-refractivity contribution < 1.29 is 29.4 Å². The van der Waals surface area contributed by atoms with Crippen LogP contribution in [0.2, 0.25) is 5.02 Å². The number of thioether (sulfide) groups is 1. The van der Waals surface area contributed by atoms with E-state index < -0.39 is 42.4 Å². The van der Waals surface area contributed by atoms with Crippen molar-refractivity contribution in [1.29, 1.82) is 0 Å². The van der Waals surface area contributed by atoms with Crippen molar-refractivity contribution in [2.45, 2.75) is 29.8 Å². The second kappa shape index (κ2) is 14.6. The molecule has 4 rings (SSSR count). The number of aliphatic imine (C=N–C) groups is 1. The molecule has 13 nitrogen and oxygen atoms in total. The van der Waals surface area contributed by atoms with Gasteiger partial charge in [-0.1, -0.05) is 23.7 Å². The number of aliphatic carboxylic acids is 2. The summed E-state index contributed by atoms with van der Waals surface area (Å²) in [5, 5.41) is 26.6. The average molecular weight is 632 g/mol. The standard InChI is InChI=1S/C28H34ClN7O6S/c1-35-10-12-36(13-11-35)26-16-4-2-3-5-19(16)32-20-8-6-17(29)25(24(20)34-26)43-15-21(28(42)31-14-23(39)40)33-27(41)18(30)7-9-22(37)38/h2-6,8,18,21,32H,7,9-15,30H2,1H3,(H,31,42)(H,33,41)(H,37,38)(H,39,40)/t18-,21-/m0/s1. The van der Waals surface area contributed by atoms with E-state index in [-0.39, 0.29) is 18.6 Å². The van der Waals surface area contributed by atoms with Crippen LogP contribution in [0.25, 0.3) is 0 Å². The van der Waals surface area contributed by atoms with E-state index in [1.165, 1.54) is 11.8 Å². The number of carbonyl (C=O) groups excluding carboxylic acids is 2. The minimum absolute atomic E-state index is 0.0364. The number of carboxylic acid groups (broad SMARTS) is 2. The number of nitrogens with two attached hydrogens (primary N) is 1. The highest BCUT2D eigenvalue weighted by Gasteiger charge is 2.28. The summed E-state index contributed by atoms with van der Waals surface area (Å²) >= 11 is 7.87. The molecule has 0 aliphatic carbocycles. The van der Waals surface area contributed by atoms with Crippen LogP contribution in [0.4, 0.5) is 17.1 Å². The summed E-state index contributed by atoms with van der Waals surface area (Å²) in [7, 11) is 2.08. The number of anilines is 2. The molecule has 0 aromatic heterocycles. The average Bonchev–Trinajstić information content (AvgIpc) is 3.14. The fourth-order valence-electron chi connectivity index (χ4n) is 4.58. The quantitative estimate of drug-likeness (QED) is 0.198. The first-order valence-electron chi connectivity index (χ1n) is 13.6. The molecule has 43 heavy (non-hydrogen) atoms. The Kier molecular flexibility index (Phi) is 10.9. The van der Waals surface area contributed by atoms with Crippen LogP contribution in [-0.2, 0) is 19.2 Å². The van der Waals surface area contributed by atoms with Crippen molar-refractivity contribution in [2.24, 2.45) is 10.7 Å². The van der Waals surface area contributed by atoms with Crippen molar-refractivity contribution in [3.63, 3.8) is 0 Å². The lowest BCUT2D eigenvalue weighted by atomic mass is 10.1. The molecule has 2 aliphatic heterocycles. The number of rotatable bonds is 11. The van der Waals surface area contributed by atoms with E-state index >= 15 is 0 Å². The number of nitrogens with one attached hydrogen (secondary N) is 3. The van der Waals surface area contributed by atoms with Gasteiger partial charge in [-0.05, 0) is 37.7 Å². The summed E-state index contributed by atoms with van der Waals surface area (Å²) in [6.07, 6.45) is -0.459. The Morgan fingerprint density at radius 2 is 1.77 bits per heavy atom. The Hall–Kier alpha value is -3.85. The van der Waals surface area contributed by atoms with E-state index in [0.717, 1.165) is 43.3 Å². The van der Waals surface area contributed by atoms with Crippen molar-refractivity contribution in [3.8, 4) is 0 Å². The normalized spacial score (nSPS) is 16.0. The van der Waals surface area contributed by atoms with Gasteiger partial charge in [0.05, 0.1) is 21.6 Å².